The summed E-state index contributed by atoms with van der Waals surface area (Å²) in [7, 11) is 1.74. The van der Waals surface area contributed by atoms with E-state index in [1.807, 2.05) is 6.08 Å². The molecule has 2 unspecified atom stereocenters. The van der Waals surface area contributed by atoms with Gasteiger partial charge in [0.2, 0.25) is 0 Å². The first kappa shape index (κ1) is 11.7. The minimum atomic E-state index is 0.477. The molecule has 0 radical (unpaired) electrons. The van der Waals surface area contributed by atoms with Gasteiger partial charge >= 0.3 is 0 Å². The zero-order valence-corrected chi connectivity index (χ0v) is 8.47. The lowest BCUT2D eigenvalue weighted by atomic mass is 10.1. The summed E-state index contributed by atoms with van der Waals surface area (Å²) in [5, 5.41) is 3.47. The van der Waals surface area contributed by atoms with Crippen LogP contribution >= 0.6 is 0 Å². The molecular formula is C10H21NO. The number of rotatable bonds is 7. The third-order valence-electron chi connectivity index (χ3n) is 1.90. The van der Waals surface area contributed by atoms with Crippen molar-refractivity contribution in [2.24, 2.45) is 0 Å². The second-order valence-corrected chi connectivity index (χ2v) is 3.15. The van der Waals surface area contributed by atoms with Crippen molar-refractivity contribution >= 4 is 0 Å². The minimum Gasteiger partial charge on any atom is -0.383 e. The molecule has 0 aromatic carbocycles. The standard InChI is InChI=1S/C10H21NO/c1-5-7-9(3)11-10(6-2)8-12-4/h5,9-11H,1,6-8H2,2-4H3. The van der Waals surface area contributed by atoms with Crippen LogP contribution in [0.4, 0.5) is 0 Å². The number of ether oxygens (including phenoxy) is 1. The van der Waals surface area contributed by atoms with Crippen molar-refractivity contribution in [3.05, 3.63) is 12.7 Å². The largest absolute Gasteiger partial charge is 0.383 e. The van der Waals surface area contributed by atoms with Crippen LogP contribution in [0.3, 0.4) is 0 Å². The second kappa shape index (κ2) is 7.32. The molecule has 2 heteroatoms. The van der Waals surface area contributed by atoms with Crippen molar-refractivity contribution in [2.75, 3.05) is 13.7 Å². The second-order valence-electron chi connectivity index (χ2n) is 3.15. The zero-order chi connectivity index (χ0) is 9.40. The fourth-order valence-electron chi connectivity index (χ4n) is 1.21. The molecule has 0 aliphatic carbocycles. The fraction of sp³-hybridized carbons (Fsp3) is 0.800. The summed E-state index contributed by atoms with van der Waals surface area (Å²) in [6.07, 6.45) is 4.06. The third-order valence-corrected chi connectivity index (χ3v) is 1.90. The average Bonchev–Trinajstić information content (AvgIpc) is 2.04. The molecule has 1 N–H and O–H groups in total. The van der Waals surface area contributed by atoms with E-state index in [-0.39, 0.29) is 0 Å². The molecule has 0 aliphatic rings. The monoisotopic (exact) mass is 171 g/mol. The third kappa shape index (κ3) is 5.33. The smallest absolute Gasteiger partial charge is 0.0615 e. The predicted octanol–water partition coefficient (Wildman–Crippen LogP) is 1.97. The summed E-state index contributed by atoms with van der Waals surface area (Å²) >= 11 is 0. The van der Waals surface area contributed by atoms with E-state index in [9.17, 15) is 0 Å². The van der Waals surface area contributed by atoms with Crippen molar-refractivity contribution in [3.63, 3.8) is 0 Å². The van der Waals surface area contributed by atoms with E-state index in [1.165, 1.54) is 0 Å². The first-order valence-corrected chi connectivity index (χ1v) is 4.60. The first-order valence-electron chi connectivity index (χ1n) is 4.60. The topological polar surface area (TPSA) is 21.3 Å². The van der Waals surface area contributed by atoms with Gasteiger partial charge in [-0.15, -0.1) is 6.58 Å². The van der Waals surface area contributed by atoms with Gasteiger partial charge in [-0.2, -0.15) is 0 Å². The quantitative estimate of drug-likeness (QED) is 0.591. The lowest BCUT2D eigenvalue weighted by Gasteiger charge is -2.20. The molecule has 0 heterocycles. The Labute approximate surface area is 76.0 Å². The van der Waals surface area contributed by atoms with E-state index < -0.39 is 0 Å². The minimum absolute atomic E-state index is 0.477. The van der Waals surface area contributed by atoms with Gasteiger partial charge in [0, 0.05) is 19.2 Å². The Morgan fingerprint density at radius 1 is 1.58 bits per heavy atom. The maximum atomic E-state index is 5.09. The van der Waals surface area contributed by atoms with Gasteiger partial charge < -0.3 is 10.1 Å². The van der Waals surface area contributed by atoms with Crippen LogP contribution in [-0.2, 0) is 4.74 Å². The number of nitrogens with one attached hydrogen (secondary N) is 1. The molecule has 72 valence electrons. The van der Waals surface area contributed by atoms with Crippen molar-refractivity contribution in [3.8, 4) is 0 Å². The van der Waals surface area contributed by atoms with Crippen LogP contribution in [0.1, 0.15) is 26.7 Å². The Hall–Kier alpha value is -0.340. The van der Waals surface area contributed by atoms with Gasteiger partial charge in [0.25, 0.3) is 0 Å². The van der Waals surface area contributed by atoms with Crippen LogP contribution in [0.25, 0.3) is 0 Å². The van der Waals surface area contributed by atoms with E-state index in [1.54, 1.807) is 7.11 Å². The van der Waals surface area contributed by atoms with E-state index in [2.05, 4.69) is 25.7 Å². The summed E-state index contributed by atoms with van der Waals surface area (Å²) in [6.45, 7) is 8.83. The molecule has 2 nitrogen and oxygen atoms in total. The zero-order valence-electron chi connectivity index (χ0n) is 8.47. The van der Waals surface area contributed by atoms with Gasteiger partial charge in [-0.3, -0.25) is 0 Å². The molecule has 0 spiro atoms. The molecule has 0 amide bonds. The van der Waals surface area contributed by atoms with Crippen molar-refractivity contribution in [1.82, 2.24) is 5.32 Å². The molecule has 0 aromatic rings. The predicted molar refractivity (Wildman–Crippen MR) is 53.4 cm³/mol. The highest BCUT2D eigenvalue weighted by Crippen LogP contribution is 1.97. The van der Waals surface area contributed by atoms with Crippen molar-refractivity contribution < 1.29 is 4.74 Å². The first-order chi connectivity index (χ1) is 5.74. The summed E-state index contributed by atoms with van der Waals surface area (Å²) in [5.41, 5.74) is 0. The van der Waals surface area contributed by atoms with Crippen LogP contribution in [0.5, 0.6) is 0 Å². The number of hydrogen-bond donors (Lipinski definition) is 1. The highest BCUT2D eigenvalue weighted by molar-refractivity contribution is 4.77. The van der Waals surface area contributed by atoms with Gasteiger partial charge in [0.15, 0.2) is 0 Å². The Bertz CT molecular complexity index is 114. The Kier molecular flexibility index (Phi) is 7.11. The number of methoxy groups -OCH3 is 1. The summed E-state index contributed by atoms with van der Waals surface area (Å²) in [5.74, 6) is 0. The van der Waals surface area contributed by atoms with Gasteiger partial charge in [-0.05, 0) is 19.8 Å². The molecule has 0 aromatic heterocycles. The molecule has 0 saturated carbocycles. The van der Waals surface area contributed by atoms with Crippen molar-refractivity contribution in [2.45, 2.75) is 38.8 Å². The lowest BCUT2D eigenvalue weighted by molar-refractivity contribution is 0.159. The molecule has 12 heavy (non-hydrogen) atoms. The van der Waals surface area contributed by atoms with Crippen LogP contribution in [0, 0.1) is 0 Å². The van der Waals surface area contributed by atoms with Crippen LogP contribution < -0.4 is 5.32 Å². The van der Waals surface area contributed by atoms with Gasteiger partial charge in [0.1, 0.15) is 0 Å². The Balaban J connectivity index is 3.60. The van der Waals surface area contributed by atoms with Crippen LogP contribution in [0.15, 0.2) is 12.7 Å². The SMILES string of the molecule is C=CCC(C)NC(CC)COC. The summed E-state index contributed by atoms with van der Waals surface area (Å²) < 4.78 is 5.09. The van der Waals surface area contributed by atoms with E-state index >= 15 is 0 Å². The molecule has 0 saturated heterocycles. The highest BCUT2D eigenvalue weighted by atomic mass is 16.5. The molecule has 0 rings (SSSR count). The van der Waals surface area contributed by atoms with Crippen LogP contribution in [0.2, 0.25) is 0 Å². The summed E-state index contributed by atoms with van der Waals surface area (Å²) in [4.78, 5) is 0. The van der Waals surface area contributed by atoms with E-state index in [0.29, 0.717) is 12.1 Å². The van der Waals surface area contributed by atoms with E-state index in [0.717, 1.165) is 19.4 Å². The highest BCUT2D eigenvalue weighted by Gasteiger charge is 2.07. The Morgan fingerprint density at radius 2 is 2.25 bits per heavy atom. The fourth-order valence-corrected chi connectivity index (χ4v) is 1.21. The normalized spacial score (nSPS) is 15.6. The lowest BCUT2D eigenvalue weighted by Crippen LogP contribution is -2.38. The Morgan fingerprint density at radius 3 is 2.67 bits per heavy atom. The van der Waals surface area contributed by atoms with E-state index in [4.69, 9.17) is 4.74 Å². The number of hydrogen-bond acceptors (Lipinski definition) is 2. The molecule has 0 bridgehead atoms. The molecular weight excluding hydrogens is 150 g/mol. The average molecular weight is 171 g/mol. The van der Waals surface area contributed by atoms with Gasteiger partial charge in [0.05, 0.1) is 6.61 Å². The maximum absolute atomic E-state index is 5.09. The van der Waals surface area contributed by atoms with Crippen molar-refractivity contribution in [1.29, 1.82) is 0 Å². The summed E-state index contributed by atoms with van der Waals surface area (Å²) in [6, 6.07) is 0.979. The van der Waals surface area contributed by atoms with Gasteiger partial charge in [-0.25, -0.2) is 0 Å². The maximum Gasteiger partial charge on any atom is 0.0615 e. The molecule has 2 atom stereocenters. The molecule has 0 fully saturated rings. The molecule has 0 aliphatic heterocycles. The van der Waals surface area contributed by atoms with Crippen LogP contribution in [-0.4, -0.2) is 25.8 Å². The van der Waals surface area contributed by atoms with Gasteiger partial charge in [-0.1, -0.05) is 13.0 Å².